The third kappa shape index (κ3) is 6.52. The molecule has 0 saturated carbocycles. The van der Waals surface area contributed by atoms with Crippen LogP contribution in [0, 0.1) is 13.8 Å². The molecule has 0 atom stereocenters. The van der Waals surface area contributed by atoms with Gasteiger partial charge in [0.1, 0.15) is 34.1 Å². The Balaban J connectivity index is 1.59. The zero-order valence-corrected chi connectivity index (χ0v) is 25.9. The van der Waals surface area contributed by atoms with E-state index in [2.05, 4.69) is 20.4 Å². The molecule has 13 heteroatoms. The molecule has 4 aromatic rings. The minimum Gasteiger partial charge on any atom is -0.451 e. The van der Waals surface area contributed by atoms with Crippen LogP contribution in [0.4, 0.5) is 0 Å². The third-order valence-electron chi connectivity index (χ3n) is 6.78. The van der Waals surface area contributed by atoms with Gasteiger partial charge >= 0.3 is 20.3 Å². The van der Waals surface area contributed by atoms with Gasteiger partial charge in [0.15, 0.2) is 0 Å². The van der Waals surface area contributed by atoms with Gasteiger partial charge in [-0.1, -0.05) is 60.7 Å². The first kappa shape index (κ1) is 29.5. The van der Waals surface area contributed by atoms with Crippen LogP contribution in [-0.2, 0) is 21.7 Å². The maximum absolute atomic E-state index is 13.2. The summed E-state index contributed by atoms with van der Waals surface area (Å²) in [5, 5.41) is 17.3. The highest BCUT2D eigenvalue weighted by Crippen LogP contribution is 2.30. The van der Waals surface area contributed by atoms with E-state index in [1.165, 1.54) is 12.1 Å². The number of fused-ring (bicyclic) bond motifs is 2. The van der Waals surface area contributed by atoms with Gasteiger partial charge in [0.25, 0.3) is 0 Å². The first-order chi connectivity index (χ1) is 21.7. The number of aryl methyl sites for hydroxylation is 2. The van der Waals surface area contributed by atoms with E-state index >= 15 is 0 Å². The average molecular weight is 625 g/mol. The molecule has 4 heterocycles. The van der Waals surface area contributed by atoms with Gasteiger partial charge in [0.2, 0.25) is 11.8 Å². The molecule has 2 aliphatic heterocycles. The molecule has 6 rings (SSSR count). The van der Waals surface area contributed by atoms with Crippen molar-refractivity contribution in [2.45, 2.75) is 40.5 Å². The Kier molecular flexibility index (Phi) is 8.00. The van der Waals surface area contributed by atoms with Crippen molar-refractivity contribution >= 4 is 32.3 Å². The summed E-state index contributed by atoms with van der Waals surface area (Å²) in [7, 11) is -4.66. The van der Waals surface area contributed by atoms with Crippen LogP contribution in [0.5, 0.6) is 11.5 Å². The summed E-state index contributed by atoms with van der Waals surface area (Å²) < 4.78 is 37.0. The number of nitrogens with zero attached hydrogens (tertiary/aromatic N) is 4. The van der Waals surface area contributed by atoms with Gasteiger partial charge in [-0.15, -0.1) is 10.2 Å². The molecule has 0 bridgehead atoms. The van der Waals surface area contributed by atoms with E-state index in [-0.39, 0.29) is 70.2 Å². The Bertz CT molecular complexity index is 1850. The van der Waals surface area contributed by atoms with E-state index in [0.717, 1.165) is 11.1 Å². The molecule has 0 saturated heterocycles. The lowest BCUT2D eigenvalue weighted by Crippen LogP contribution is -2.58. The van der Waals surface area contributed by atoms with Crippen molar-refractivity contribution < 1.29 is 26.5 Å². The van der Waals surface area contributed by atoms with Crippen LogP contribution in [0.2, 0.25) is 0 Å². The molecule has 228 valence electrons. The average Bonchev–Trinajstić information content (AvgIpc) is 3.07. The lowest BCUT2D eigenvalue weighted by molar-refractivity contribution is 0.146. The molecule has 2 aliphatic rings. The molecule has 45 heavy (non-hydrogen) atoms. The van der Waals surface area contributed by atoms with E-state index in [0.29, 0.717) is 0 Å². The Labute approximate surface area is 258 Å². The lowest BCUT2D eigenvalue weighted by Gasteiger charge is -2.29. The largest absolute Gasteiger partial charge is 0.968 e. The number of hydrogen-bond donors (Lipinski definition) is 0. The molecule has 2 aromatic heterocycles. The van der Waals surface area contributed by atoms with Crippen LogP contribution in [-0.4, -0.2) is 32.3 Å². The maximum atomic E-state index is 13.2. The van der Waals surface area contributed by atoms with E-state index in [1.54, 1.807) is 27.7 Å². The maximum Gasteiger partial charge on any atom is 0.968 e. The summed E-state index contributed by atoms with van der Waals surface area (Å²) in [6.45, 7) is 6.41. The Hall–Kier alpha value is -5.56. The van der Waals surface area contributed by atoms with Gasteiger partial charge in [0.05, 0.1) is 11.4 Å². The van der Waals surface area contributed by atoms with E-state index in [9.17, 15) is 9.59 Å². The highest BCUT2D eigenvalue weighted by Gasteiger charge is 2.61. The van der Waals surface area contributed by atoms with Crippen LogP contribution in [0.15, 0.2) is 112 Å². The zero-order valence-electron chi connectivity index (χ0n) is 24.9. The second kappa shape index (κ2) is 12.2. The number of hydrogen-bond acceptors (Lipinski definition) is 12. The fourth-order valence-corrected chi connectivity index (χ4v) is 6.66. The summed E-state index contributed by atoms with van der Waals surface area (Å²) in [6.07, 6.45) is 0.325. The Morgan fingerprint density at radius 2 is 0.956 bits per heavy atom. The van der Waals surface area contributed by atoms with Crippen molar-refractivity contribution in [2.75, 3.05) is 0 Å². The number of rotatable bonds is 4. The fraction of sp³-hybridized carbons (Fsp3) is 0.188. The van der Waals surface area contributed by atoms with E-state index < -0.39 is 20.3 Å². The first-order valence-electron chi connectivity index (χ1n) is 14.0. The standard InChI is InChI=1S/C32H28N4O8Si/c1-19-15-25-29(31(37)39-19)21(3)33-35-27(17-23-11-7-5-8-12-23)43-45(41-25)42-26-16-20(2)40-32(38)30(26)22(4)34-36-28(44-45)18-24-13-9-6-10-14-24/h5-16H,17-18H2,1-4H3/b33-21-,34-22-,35-27-,36-28-. The molecule has 1 spiro atoms. The van der Waals surface area contributed by atoms with Gasteiger partial charge in [-0.25, -0.2) is 9.59 Å². The van der Waals surface area contributed by atoms with Crippen LogP contribution < -0.4 is 20.1 Å². The van der Waals surface area contributed by atoms with Crippen molar-refractivity contribution in [1.82, 2.24) is 0 Å². The summed E-state index contributed by atoms with van der Waals surface area (Å²) in [5.41, 5.74) is 0.739. The molecule has 12 nitrogen and oxygen atoms in total. The highest BCUT2D eigenvalue weighted by molar-refractivity contribution is 6.59. The van der Waals surface area contributed by atoms with Crippen molar-refractivity contribution in [2.24, 2.45) is 20.4 Å². The molecule has 2 aromatic carbocycles. The molecule has 0 unspecified atom stereocenters. The molecule has 0 fully saturated rings. The van der Waals surface area contributed by atoms with Crippen molar-refractivity contribution in [3.63, 3.8) is 0 Å². The fourth-order valence-electron chi connectivity index (χ4n) is 4.75. The van der Waals surface area contributed by atoms with E-state index in [1.807, 2.05) is 60.7 Å². The summed E-state index contributed by atoms with van der Waals surface area (Å²) in [4.78, 5) is 26.3. The normalized spacial score (nSPS) is 22.3. The first-order valence-corrected chi connectivity index (χ1v) is 15.7. The molecular weight excluding hydrogens is 596 g/mol. The molecule has 0 aliphatic carbocycles. The molecule has 0 amide bonds. The van der Waals surface area contributed by atoms with Crippen LogP contribution in [0.3, 0.4) is 0 Å². The van der Waals surface area contributed by atoms with Gasteiger partial charge in [-0.05, 0) is 38.8 Å². The van der Waals surface area contributed by atoms with Gasteiger partial charge < -0.3 is 26.5 Å². The second-order valence-corrected chi connectivity index (χ2v) is 12.2. The van der Waals surface area contributed by atoms with Crippen LogP contribution in [0.1, 0.15) is 47.6 Å². The molecule has 0 N–H and O–H groups in total. The lowest BCUT2D eigenvalue weighted by atomic mass is 10.1. The van der Waals surface area contributed by atoms with Crippen LogP contribution >= 0.6 is 0 Å². The topological polar surface area (TPSA) is 147 Å². The summed E-state index contributed by atoms with van der Waals surface area (Å²) >= 11 is 0. The minimum atomic E-state index is -4.66. The summed E-state index contributed by atoms with van der Waals surface area (Å²) in [5.74, 6) is 0.724. The third-order valence-corrected chi connectivity index (χ3v) is 8.69. The van der Waals surface area contributed by atoms with E-state index in [4.69, 9.17) is 26.5 Å². The monoisotopic (exact) mass is 624 g/mol. The van der Waals surface area contributed by atoms with Gasteiger partial charge in [-0.3, -0.25) is 0 Å². The van der Waals surface area contributed by atoms with Crippen molar-refractivity contribution in [1.29, 1.82) is 0 Å². The minimum absolute atomic E-state index is 0.00539. The smallest absolute Gasteiger partial charge is 0.451 e. The molecule has 0 radical (unpaired) electrons. The highest BCUT2D eigenvalue weighted by atomic mass is 28.4. The Morgan fingerprint density at radius 1 is 0.556 bits per heavy atom. The second-order valence-electron chi connectivity index (χ2n) is 10.4. The van der Waals surface area contributed by atoms with Crippen molar-refractivity contribution in [3.8, 4) is 11.5 Å². The predicted octanol–water partition coefficient (Wildman–Crippen LogP) is 4.89. The van der Waals surface area contributed by atoms with Gasteiger partial charge in [0, 0.05) is 25.0 Å². The molecular formula is C32H28N4O8Si. The van der Waals surface area contributed by atoms with Crippen molar-refractivity contribution in [3.05, 3.63) is 127 Å². The predicted molar refractivity (Wildman–Crippen MR) is 168 cm³/mol. The van der Waals surface area contributed by atoms with Crippen LogP contribution in [0.25, 0.3) is 0 Å². The van der Waals surface area contributed by atoms with Gasteiger partial charge in [-0.2, -0.15) is 10.2 Å². The Morgan fingerprint density at radius 3 is 1.36 bits per heavy atom. The SMILES string of the molecule is C/C1=N/N=C(/Cc2ccccc2)O[Si]2(O/C(Cc3ccccc3)=N\N=C(\C)c3c(cc(C)oc3=O)O2)Oc2cc(C)oc(=O)c21. The number of benzene rings is 2. The quantitative estimate of drug-likeness (QED) is 0.292. The summed E-state index contributed by atoms with van der Waals surface area (Å²) in [6, 6.07) is 21.9. The zero-order chi connectivity index (χ0) is 31.6.